The van der Waals surface area contributed by atoms with Crippen LogP contribution in [-0.2, 0) is 0 Å². The van der Waals surface area contributed by atoms with Gasteiger partial charge in [0.15, 0.2) is 17.4 Å². The Bertz CT molecular complexity index is 1320. The topological polar surface area (TPSA) is 106 Å². The van der Waals surface area contributed by atoms with Gasteiger partial charge in [0.25, 0.3) is 5.88 Å². The molecular formula is C27H31FN6O3. The quantitative estimate of drug-likeness (QED) is 0.545. The van der Waals surface area contributed by atoms with Gasteiger partial charge < -0.3 is 24.8 Å². The number of benzene rings is 1. The minimum absolute atomic E-state index is 0.0196. The molecule has 2 saturated heterocycles. The maximum Gasteiger partial charge on any atom is 0.257 e. The lowest BCUT2D eigenvalue weighted by molar-refractivity contribution is 0.00193. The minimum atomic E-state index is -1.04. The van der Waals surface area contributed by atoms with Gasteiger partial charge in [-0.3, -0.25) is 0 Å². The first-order valence-electron chi connectivity index (χ1n) is 12.7. The average molecular weight is 507 g/mol. The molecule has 0 unspecified atom stereocenters. The van der Waals surface area contributed by atoms with Crippen molar-refractivity contribution in [3.8, 4) is 39.9 Å². The maximum absolute atomic E-state index is 15.7. The highest BCUT2D eigenvalue weighted by Gasteiger charge is 2.53. The number of ether oxygens (including phenoxy) is 2. The second-order valence-corrected chi connectivity index (χ2v) is 10.8. The molecule has 9 nitrogen and oxygen atoms in total. The Morgan fingerprint density at radius 3 is 2.68 bits per heavy atom. The number of hydrogen-bond donors (Lipinski definition) is 2. The molecule has 0 saturated carbocycles. The lowest BCUT2D eigenvalue weighted by Crippen LogP contribution is -2.72. The summed E-state index contributed by atoms with van der Waals surface area (Å²) < 4.78 is 26.7. The highest BCUT2D eigenvalue weighted by Crippen LogP contribution is 2.43. The number of pyridine rings is 1. The number of piperidine rings is 2. The van der Waals surface area contributed by atoms with Crippen LogP contribution in [0.4, 0.5) is 10.2 Å². The molecule has 1 aromatic carbocycles. The van der Waals surface area contributed by atoms with Crippen molar-refractivity contribution in [2.45, 2.75) is 62.8 Å². The smallest absolute Gasteiger partial charge is 0.257 e. The van der Waals surface area contributed by atoms with E-state index in [0.29, 0.717) is 48.5 Å². The summed E-state index contributed by atoms with van der Waals surface area (Å²) in [5.74, 6) is 1.86. The molecule has 2 bridgehead atoms. The van der Waals surface area contributed by atoms with E-state index < -0.39 is 11.7 Å². The molecular weight excluding hydrogens is 475 g/mol. The third-order valence-corrected chi connectivity index (χ3v) is 8.00. The number of rotatable bonds is 4. The molecule has 0 radical (unpaired) electrons. The van der Waals surface area contributed by atoms with E-state index in [9.17, 15) is 5.11 Å². The van der Waals surface area contributed by atoms with Crippen LogP contribution in [0.5, 0.6) is 17.4 Å². The number of aromatic nitrogens is 4. The summed E-state index contributed by atoms with van der Waals surface area (Å²) in [7, 11) is 1.85. The fourth-order valence-corrected chi connectivity index (χ4v) is 6.06. The molecule has 3 aromatic rings. The fourth-order valence-electron chi connectivity index (χ4n) is 6.06. The van der Waals surface area contributed by atoms with E-state index in [1.807, 2.05) is 31.0 Å². The minimum Gasteiger partial charge on any atom is -0.507 e. The van der Waals surface area contributed by atoms with Gasteiger partial charge in [-0.2, -0.15) is 0 Å². The molecule has 2 aromatic heterocycles. The Balaban J connectivity index is 1.22. The second-order valence-electron chi connectivity index (χ2n) is 10.8. The van der Waals surface area contributed by atoms with E-state index in [0.717, 1.165) is 30.4 Å². The zero-order valence-electron chi connectivity index (χ0n) is 21.2. The molecule has 194 valence electrons. The fraction of sp³-hybridized carbons (Fsp3) is 0.481. The van der Waals surface area contributed by atoms with Gasteiger partial charge in [0.05, 0.1) is 17.8 Å². The SMILES string of the molecule is CN(c1cnc(-c2ccc(-c3cnc4c(c3)OCCO4)cc2O)nn1)[C@@H]1C[C@@]2(C)CCC[C@](C)(N2)[C@@H]1F. The van der Waals surface area contributed by atoms with Crippen LogP contribution in [0.2, 0.25) is 0 Å². The predicted octanol–water partition coefficient (Wildman–Crippen LogP) is 3.91. The number of nitrogens with one attached hydrogen (secondary N) is 1. The van der Waals surface area contributed by atoms with Gasteiger partial charge >= 0.3 is 0 Å². The first kappa shape index (κ1) is 23.8. The first-order valence-corrected chi connectivity index (χ1v) is 12.7. The molecule has 6 rings (SSSR count). The Morgan fingerprint density at radius 2 is 1.89 bits per heavy atom. The second kappa shape index (κ2) is 8.79. The summed E-state index contributed by atoms with van der Waals surface area (Å²) in [4.78, 5) is 10.6. The number of halogens is 1. The third kappa shape index (κ3) is 4.22. The lowest BCUT2D eigenvalue weighted by Gasteiger charge is -2.56. The number of nitrogens with zero attached hydrogens (tertiary/aromatic N) is 5. The van der Waals surface area contributed by atoms with Crippen LogP contribution < -0.4 is 19.7 Å². The van der Waals surface area contributed by atoms with Crippen molar-refractivity contribution >= 4 is 5.82 Å². The molecule has 2 N–H and O–H groups in total. The van der Waals surface area contributed by atoms with Gasteiger partial charge in [-0.15, -0.1) is 10.2 Å². The van der Waals surface area contributed by atoms with Crippen molar-refractivity contribution in [3.05, 3.63) is 36.7 Å². The first-order chi connectivity index (χ1) is 17.7. The van der Waals surface area contributed by atoms with Crippen LogP contribution in [-0.4, -0.2) is 68.8 Å². The molecule has 0 spiro atoms. The van der Waals surface area contributed by atoms with Crippen molar-refractivity contribution < 1.29 is 19.0 Å². The van der Waals surface area contributed by atoms with Crippen LogP contribution >= 0.6 is 0 Å². The van der Waals surface area contributed by atoms with Crippen molar-refractivity contribution in [1.29, 1.82) is 0 Å². The van der Waals surface area contributed by atoms with E-state index in [1.54, 1.807) is 24.5 Å². The number of anilines is 1. The Hall–Kier alpha value is -3.53. The Morgan fingerprint density at radius 1 is 1.05 bits per heavy atom. The summed E-state index contributed by atoms with van der Waals surface area (Å²) in [6.45, 7) is 5.11. The molecule has 37 heavy (non-hydrogen) atoms. The molecule has 2 fully saturated rings. The van der Waals surface area contributed by atoms with E-state index >= 15 is 4.39 Å². The highest BCUT2D eigenvalue weighted by atomic mass is 19.1. The van der Waals surface area contributed by atoms with Gasteiger partial charge in [-0.25, -0.2) is 14.4 Å². The lowest BCUT2D eigenvalue weighted by atomic mass is 9.68. The standard InChI is InChI=1S/C27H31FN6O3/c1-26-7-4-8-27(2,33-26)23(28)19(13-26)34(3)22-15-29-24(32-31-22)18-6-5-16(11-20(18)35)17-12-21-25(30-14-17)37-10-9-36-21/h5-6,11-12,14-15,19,23,33,35H,4,7-10,13H2,1-3H3/t19-,23-,26-,27+/m1/s1. The van der Waals surface area contributed by atoms with Gasteiger partial charge in [-0.05, 0) is 63.3 Å². The molecule has 10 heteroatoms. The Labute approximate surface area is 215 Å². The molecule has 0 aliphatic carbocycles. The van der Waals surface area contributed by atoms with E-state index in [-0.39, 0.29) is 17.3 Å². The summed E-state index contributed by atoms with van der Waals surface area (Å²) in [6, 6.07) is 6.75. The van der Waals surface area contributed by atoms with Crippen LogP contribution in [0.15, 0.2) is 36.7 Å². The van der Waals surface area contributed by atoms with E-state index in [1.165, 1.54) is 0 Å². The van der Waals surface area contributed by atoms with Gasteiger partial charge in [-0.1, -0.05) is 6.07 Å². The highest BCUT2D eigenvalue weighted by molar-refractivity contribution is 5.73. The van der Waals surface area contributed by atoms with Crippen molar-refractivity contribution in [2.75, 3.05) is 25.2 Å². The molecule has 3 aliphatic heterocycles. The third-order valence-electron chi connectivity index (χ3n) is 8.00. The summed E-state index contributed by atoms with van der Waals surface area (Å²) in [6.07, 6.45) is 5.78. The summed E-state index contributed by atoms with van der Waals surface area (Å²) >= 11 is 0. The number of aromatic hydroxyl groups is 1. The van der Waals surface area contributed by atoms with Gasteiger partial charge in [0.2, 0.25) is 0 Å². The number of phenolic OH excluding ortho intramolecular Hbond substituents is 1. The Kier molecular flexibility index (Phi) is 5.67. The van der Waals surface area contributed by atoms with Gasteiger partial charge in [0.1, 0.15) is 25.1 Å². The monoisotopic (exact) mass is 506 g/mol. The normalized spacial score (nSPS) is 28.5. The van der Waals surface area contributed by atoms with Crippen molar-refractivity contribution in [2.24, 2.45) is 0 Å². The van der Waals surface area contributed by atoms with Crippen LogP contribution in [0.3, 0.4) is 0 Å². The van der Waals surface area contributed by atoms with Gasteiger partial charge in [0, 0.05) is 29.9 Å². The zero-order valence-corrected chi connectivity index (χ0v) is 21.2. The van der Waals surface area contributed by atoms with E-state index in [2.05, 4.69) is 32.4 Å². The number of alkyl halides is 1. The molecule has 3 aliphatic rings. The molecule has 0 amide bonds. The van der Waals surface area contributed by atoms with Crippen molar-refractivity contribution in [1.82, 2.24) is 25.5 Å². The zero-order chi connectivity index (χ0) is 25.8. The van der Waals surface area contributed by atoms with Crippen LogP contribution in [0, 0.1) is 0 Å². The molecule has 5 heterocycles. The number of phenols is 1. The number of fused-ring (bicyclic) bond motifs is 3. The summed E-state index contributed by atoms with van der Waals surface area (Å²) in [5.41, 5.74) is 1.36. The number of hydrogen-bond acceptors (Lipinski definition) is 9. The predicted molar refractivity (Wildman–Crippen MR) is 137 cm³/mol. The van der Waals surface area contributed by atoms with Crippen LogP contribution in [0.25, 0.3) is 22.5 Å². The van der Waals surface area contributed by atoms with E-state index in [4.69, 9.17) is 9.47 Å². The maximum atomic E-state index is 15.7. The average Bonchev–Trinajstić information content (AvgIpc) is 2.90. The largest absolute Gasteiger partial charge is 0.507 e. The van der Waals surface area contributed by atoms with Crippen LogP contribution in [0.1, 0.15) is 39.5 Å². The summed E-state index contributed by atoms with van der Waals surface area (Å²) in [5, 5.41) is 22.9. The van der Waals surface area contributed by atoms with Crippen molar-refractivity contribution in [3.63, 3.8) is 0 Å². The molecule has 4 atom stereocenters.